The molecule has 4 aliphatic rings. The Morgan fingerprint density at radius 2 is 1.82 bits per heavy atom. The second-order valence-corrected chi connectivity index (χ2v) is 14.3. The number of aromatic nitrogens is 1. The van der Waals surface area contributed by atoms with Crippen LogP contribution in [-0.2, 0) is 23.9 Å². The zero-order valence-corrected chi connectivity index (χ0v) is 30.6. The Morgan fingerprint density at radius 3 is 2.57 bits per heavy atom. The van der Waals surface area contributed by atoms with Crippen molar-refractivity contribution in [1.82, 2.24) is 20.5 Å². The fourth-order valence-corrected chi connectivity index (χ4v) is 7.73. The molecule has 51 heavy (non-hydrogen) atoms. The maximum atomic E-state index is 14.5. The number of fused-ring (bicyclic) bond motifs is 3. The summed E-state index contributed by atoms with van der Waals surface area (Å²) in [7, 11) is 2.83. The molecule has 1 saturated heterocycles. The standard InChI is InChI=1S/C37H45BrN4O9/c1-48-24-14-15-26-28(16-24)39-29(31(43)20-38)18-32(26)50-25-17-30-33(44)41-37(35(46)49-2)19-22(37)10-6-4-3-5-7-13-27(34(45)42(30)21-25)40-36(47)51-23-11-8-9-12-23/h6,10,14-16,18,22-23,25,27,30H,3-5,7-9,11-13,17,19-21H2,1-2H3,(H,40,47)(H,41,44)/b10-6-/t22-,25-,27+,30+,37-/m1/s1. The maximum Gasteiger partial charge on any atom is 0.408 e. The maximum absolute atomic E-state index is 14.5. The molecule has 3 heterocycles. The van der Waals surface area contributed by atoms with Crippen molar-refractivity contribution in [3.63, 3.8) is 0 Å². The van der Waals surface area contributed by atoms with E-state index in [0.29, 0.717) is 41.7 Å². The van der Waals surface area contributed by atoms with Gasteiger partial charge in [0.05, 0.1) is 31.6 Å². The van der Waals surface area contributed by atoms with Gasteiger partial charge in [0, 0.05) is 29.9 Å². The summed E-state index contributed by atoms with van der Waals surface area (Å²) in [6.07, 6.45) is 9.99. The van der Waals surface area contributed by atoms with Gasteiger partial charge in [-0.15, -0.1) is 0 Å². The number of hydrogen-bond donors (Lipinski definition) is 2. The van der Waals surface area contributed by atoms with E-state index in [1.54, 1.807) is 24.3 Å². The number of carbonyl (C=O) groups excluding carboxylic acids is 5. The first-order chi connectivity index (χ1) is 24.6. The third kappa shape index (κ3) is 8.15. The molecule has 2 saturated carbocycles. The van der Waals surface area contributed by atoms with Crippen LogP contribution >= 0.6 is 15.9 Å². The van der Waals surface area contributed by atoms with Crippen LogP contribution in [0.1, 0.15) is 81.1 Å². The first-order valence-corrected chi connectivity index (χ1v) is 18.9. The number of alkyl halides is 1. The number of allylic oxidation sites excluding steroid dienone is 1. The molecule has 2 aromatic rings. The topological polar surface area (TPSA) is 162 Å². The number of ketones is 1. The molecule has 5 atom stereocenters. The van der Waals surface area contributed by atoms with Crippen molar-refractivity contribution in [2.75, 3.05) is 26.1 Å². The summed E-state index contributed by atoms with van der Waals surface area (Å²) in [5.41, 5.74) is -0.567. The van der Waals surface area contributed by atoms with Gasteiger partial charge in [0.15, 0.2) is 5.78 Å². The number of alkyl carbamates (subject to hydrolysis) is 1. The Labute approximate surface area is 305 Å². The largest absolute Gasteiger partial charge is 0.497 e. The molecule has 1 aromatic carbocycles. The Morgan fingerprint density at radius 1 is 1.04 bits per heavy atom. The van der Waals surface area contributed by atoms with Gasteiger partial charge in [-0.3, -0.25) is 14.4 Å². The molecular weight excluding hydrogens is 724 g/mol. The predicted molar refractivity (Wildman–Crippen MR) is 190 cm³/mol. The SMILES string of the molecule is COC(=O)[C@@]12C[C@H]1/C=C\CCCCC[C@H](NC(=O)OC1CCCC1)C(=O)N1C[C@H](Oc3cc(C(=O)CBr)nc4cc(OC)ccc34)C[C@H]1C(=O)N2. The Kier molecular flexibility index (Phi) is 11.5. The van der Waals surface area contributed by atoms with Crippen molar-refractivity contribution in [3.05, 3.63) is 42.1 Å². The van der Waals surface area contributed by atoms with Crippen molar-refractivity contribution in [2.24, 2.45) is 5.92 Å². The second kappa shape index (κ2) is 16.0. The summed E-state index contributed by atoms with van der Waals surface area (Å²) >= 11 is 3.22. The van der Waals surface area contributed by atoms with Crippen LogP contribution in [0.3, 0.4) is 0 Å². The highest BCUT2D eigenvalue weighted by Gasteiger charge is 2.62. The highest BCUT2D eigenvalue weighted by molar-refractivity contribution is 9.09. The van der Waals surface area contributed by atoms with E-state index in [0.717, 1.165) is 44.9 Å². The number of pyridine rings is 1. The number of Topliss-reactive ketones (excluding diaryl/α,β-unsaturated/α-hetero) is 1. The average Bonchev–Trinajstić information content (AvgIpc) is 3.41. The molecular formula is C37H45BrN4O9. The van der Waals surface area contributed by atoms with E-state index in [1.807, 2.05) is 12.2 Å². The van der Waals surface area contributed by atoms with Crippen LogP contribution in [0.25, 0.3) is 10.9 Å². The third-order valence-corrected chi connectivity index (χ3v) is 10.8. The monoisotopic (exact) mass is 768 g/mol. The van der Waals surface area contributed by atoms with Crippen molar-refractivity contribution in [3.8, 4) is 11.5 Å². The molecule has 0 unspecified atom stereocenters. The van der Waals surface area contributed by atoms with Crippen molar-refractivity contribution in [2.45, 2.75) is 100 Å². The van der Waals surface area contributed by atoms with Gasteiger partial charge in [0.2, 0.25) is 11.8 Å². The molecule has 6 rings (SSSR count). The lowest BCUT2D eigenvalue weighted by molar-refractivity contribution is -0.148. The van der Waals surface area contributed by atoms with Gasteiger partial charge in [-0.05, 0) is 63.5 Å². The minimum absolute atomic E-state index is 0.0169. The van der Waals surface area contributed by atoms with Crippen LogP contribution in [0, 0.1) is 5.92 Å². The summed E-state index contributed by atoms with van der Waals surface area (Å²) in [5.74, 6) is -1.07. The zero-order valence-electron chi connectivity index (χ0n) is 29.0. The van der Waals surface area contributed by atoms with Gasteiger partial charge in [0.1, 0.15) is 47.0 Å². The average molecular weight is 770 g/mol. The minimum Gasteiger partial charge on any atom is -0.497 e. The Bertz CT molecular complexity index is 1700. The van der Waals surface area contributed by atoms with E-state index in [2.05, 4.69) is 31.5 Å². The van der Waals surface area contributed by atoms with E-state index in [1.165, 1.54) is 19.1 Å². The van der Waals surface area contributed by atoms with Gasteiger partial charge in [-0.2, -0.15) is 0 Å². The number of nitrogens with zero attached hydrogens (tertiary/aromatic N) is 2. The first kappa shape index (κ1) is 36.6. The highest BCUT2D eigenvalue weighted by Crippen LogP contribution is 2.46. The molecule has 2 N–H and O–H groups in total. The molecule has 3 fully saturated rings. The predicted octanol–water partition coefficient (Wildman–Crippen LogP) is 4.77. The van der Waals surface area contributed by atoms with E-state index < -0.39 is 47.6 Å². The molecule has 1 aromatic heterocycles. The first-order valence-electron chi connectivity index (χ1n) is 17.7. The number of rotatable bonds is 8. The number of methoxy groups -OCH3 is 2. The number of hydrogen-bond acceptors (Lipinski definition) is 10. The fourth-order valence-electron chi connectivity index (χ4n) is 7.44. The van der Waals surface area contributed by atoms with Crippen LogP contribution in [-0.4, -0.2) is 95.5 Å². The van der Waals surface area contributed by atoms with Crippen LogP contribution < -0.4 is 20.1 Å². The molecule has 13 nitrogen and oxygen atoms in total. The second-order valence-electron chi connectivity index (χ2n) is 13.8. The molecule has 3 amide bonds. The van der Waals surface area contributed by atoms with E-state index in [4.69, 9.17) is 18.9 Å². The van der Waals surface area contributed by atoms with Crippen LogP contribution in [0.4, 0.5) is 4.79 Å². The number of esters is 1. The Balaban J connectivity index is 1.32. The molecule has 2 aliphatic carbocycles. The van der Waals surface area contributed by atoms with Gasteiger partial charge in [-0.25, -0.2) is 14.6 Å². The number of carbonyl (C=O) groups is 5. The van der Waals surface area contributed by atoms with Crippen LogP contribution in [0.2, 0.25) is 0 Å². The number of ether oxygens (including phenoxy) is 4. The number of amides is 3. The number of benzene rings is 1. The van der Waals surface area contributed by atoms with Crippen LogP contribution in [0.15, 0.2) is 36.4 Å². The Hall–Kier alpha value is -4.20. The summed E-state index contributed by atoms with van der Waals surface area (Å²) in [5, 5.41) is 6.43. The highest BCUT2D eigenvalue weighted by atomic mass is 79.9. The zero-order chi connectivity index (χ0) is 36.1. The molecule has 0 bridgehead atoms. The molecule has 274 valence electrons. The number of nitrogens with one attached hydrogen (secondary N) is 2. The molecule has 14 heteroatoms. The van der Waals surface area contributed by atoms with Gasteiger partial charge >= 0.3 is 12.1 Å². The van der Waals surface area contributed by atoms with E-state index in [-0.39, 0.29) is 41.8 Å². The summed E-state index contributed by atoms with van der Waals surface area (Å²) in [4.78, 5) is 73.5. The van der Waals surface area contributed by atoms with Crippen molar-refractivity contribution in [1.29, 1.82) is 0 Å². The van der Waals surface area contributed by atoms with E-state index in [9.17, 15) is 24.0 Å². The lowest BCUT2D eigenvalue weighted by atomic mass is 10.0. The quantitative estimate of drug-likeness (QED) is 0.166. The summed E-state index contributed by atoms with van der Waals surface area (Å²) in [6.45, 7) is 0.0169. The normalized spacial score (nSPS) is 27.6. The smallest absolute Gasteiger partial charge is 0.408 e. The van der Waals surface area contributed by atoms with Gasteiger partial charge in [-0.1, -0.05) is 40.9 Å². The molecule has 2 aliphatic heterocycles. The molecule has 0 radical (unpaired) electrons. The van der Waals surface area contributed by atoms with Gasteiger partial charge in [0.25, 0.3) is 0 Å². The molecule has 0 spiro atoms. The third-order valence-electron chi connectivity index (χ3n) is 10.3. The summed E-state index contributed by atoms with van der Waals surface area (Å²) in [6, 6.07) is 4.85. The van der Waals surface area contributed by atoms with Crippen molar-refractivity contribution >= 4 is 56.5 Å². The van der Waals surface area contributed by atoms with Gasteiger partial charge < -0.3 is 34.5 Å². The fraction of sp³-hybridized carbons (Fsp3) is 0.568. The van der Waals surface area contributed by atoms with Crippen molar-refractivity contribution < 1.29 is 42.9 Å². The summed E-state index contributed by atoms with van der Waals surface area (Å²) < 4.78 is 22.7. The van der Waals surface area contributed by atoms with Crippen LogP contribution in [0.5, 0.6) is 11.5 Å². The lowest BCUT2D eigenvalue weighted by Gasteiger charge is -2.29. The minimum atomic E-state index is -1.23. The lowest BCUT2D eigenvalue weighted by Crippen LogP contribution is -2.56. The van der Waals surface area contributed by atoms with E-state index >= 15 is 0 Å². The number of halogens is 1.